The highest BCUT2D eigenvalue weighted by Crippen LogP contribution is 2.37. The minimum Gasteiger partial charge on any atom is -0.320 e. The average molecular weight is 286 g/mol. The fraction of sp³-hybridized carbons (Fsp3) is 0.333. The number of benzene rings is 2. The van der Waals surface area contributed by atoms with E-state index < -0.39 is 0 Å². The Morgan fingerprint density at radius 3 is 2.40 bits per heavy atom. The molecule has 2 aromatic rings. The van der Waals surface area contributed by atoms with E-state index in [1.54, 1.807) is 0 Å². The van der Waals surface area contributed by atoms with E-state index in [4.69, 9.17) is 17.3 Å². The second-order valence-electron chi connectivity index (χ2n) is 5.75. The first-order valence-electron chi connectivity index (χ1n) is 7.27. The zero-order valence-corrected chi connectivity index (χ0v) is 12.5. The Hall–Kier alpha value is -1.31. The van der Waals surface area contributed by atoms with Gasteiger partial charge in [-0.05, 0) is 47.9 Å². The van der Waals surface area contributed by atoms with Gasteiger partial charge in [-0.25, -0.2) is 0 Å². The Morgan fingerprint density at radius 2 is 1.80 bits per heavy atom. The highest BCUT2D eigenvalue weighted by Gasteiger charge is 2.20. The predicted molar refractivity (Wildman–Crippen MR) is 85.3 cm³/mol. The minimum absolute atomic E-state index is 0.155. The number of nitrogens with two attached hydrogens (primary N) is 1. The highest BCUT2D eigenvalue weighted by molar-refractivity contribution is 6.32. The van der Waals surface area contributed by atoms with Gasteiger partial charge in [0.15, 0.2) is 0 Å². The van der Waals surface area contributed by atoms with Gasteiger partial charge in [-0.2, -0.15) is 0 Å². The molecule has 0 aromatic heterocycles. The number of rotatable bonds is 3. The van der Waals surface area contributed by atoms with Crippen LogP contribution in [0.5, 0.6) is 0 Å². The summed E-state index contributed by atoms with van der Waals surface area (Å²) in [7, 11) is 0. The molecule has 2 aromatic carbocycles. The Kier molecular flexibility index (Phi) is 3.82. The fourth-order valence-corrected chi connectivity index (χ4v) is 3.05. The first kappa shape index (κ1) is 13.7. The molecule has 0 aliphatic heterocycles. The summed E-state index contributed by atoms with van der Waals surface area (Å²) in [5, 5.41) is 0.781. The lowest BCUT2D eigenvalue weighted by molar-refractivity contribution is 0.419. The van der Waals surface area contributed by atoms with Gasteiger partial charge in [0.2, 0.25) is 0 Å². The van der Waals surface area contributed by atoms with E-state index in [-0.39, 0.29) is 6.04 Å². The molecule has 0 heterocycles. The molecule has 1 aliphatic rings. The van der Waals surface area contributed by atoms with E-state index >= 15 is 0 Å². The van der Waals surface area contributed by atoms with Crippen molar-refractivity contribution in [3.05, 3.63) is 69.7 Å². The molecule has 3 rings (SSSR count). The van der Waals surface area contributed by atoms with Crippen molar-refractivity contribution in [3.8, 4) is 0 Å². The van der Waals surface area contributed by atoms with E-state index in [0.29, 0.717) is 0 Å². The van der Waals surface area contributed by atoms with Crippen molar-refractivity contribution in [2.24, 2.45) is 5.73 Å². The molecule has 1 atom stereocenters. The monoisotopic (exact) mass is 285 g/mol. The average Bonchev–Trinajstić information content (AvgIpc) is 2.40. The maximum atomic E-state index is 6.37. The molecular formula is C18H20ClN. The van der Waals surface area contributed by atoms with Gasteiger partial charge in [-0.15, -0.1) is 0 Å². The lowest BCUT2D eigenvalue weighted by atomic mass is 9.79. The molecule has 104 valence electrons. The van der Waals surface area contributed by atoms with Crippen molar-refractivity contribution in [1.29, 1.82) is 0 Å². The van der Waals surface area contributed by atoms with Crippen molar-refractivity contribution < 1.29 is 0 Å². The maximum Gasteiger partial charge on any atom is 0.0566 e. The molecule has 0 spiro atoms. The molecule has 0 amide bonds. The normalized spacial score (nSPS) is 16.8. The van der Waals surface area contributed by atoms with Crippen LogP contribution in [0.2, 0.25) is 5.02 Å². The number of halogens is 1. The summed E-state index contributed by atoms with van der Waals surface area (Å²) in [6.07, 6.45) is 4.02. The number of aryl methyl sites for hydroxylation is 1. The van der Waals surface area contributed by atoms with Crippen molar-refractivity contribution in [1.82, 2.24) is 0 Å². The van der Waals surface area contributed by atoms with Crippen LogP contribution in [0.3, 0.4) is 0 Å². The third-order valence-corrected chi connectivity index (χ3v) is 4.95. The molecule has 1 nitrogen and oxygen atoms in total. The fourth-order valence-electron chi connectivity index (χ4n) is 2.81. The second-order valence-corrected chi connectivity index (χ2v) is 6.13. The predicted octanol–water partition coefficient (Wildman–Crippen LogP) is 4.96. The van der Waals surface area contributed by atoms with Crippen LogP contribution in [0.1, 0.15) is 53.5 Å². The number of hydrogen-bond donors (Lipinski definition) is 1. The van der Waals surface area contributed by atoms with Gasteiger partial charge >= 0.3 is 0 Å². The Labute approximate surface area is 125 Å². The molecule has 1 unspecified atom stereocenters. The standard InChI is InChI=1S/C18H20ClN/c1-12-4-2-7-16(17(12)19)18(20)15-10-8-14(9-11-15)13-5-3-6-13/h2,4,7-11,13,18H,3,5-6,20H2,1H3. The van der Waals surface area contributed by atoms with E-state index in [9.17, 15) is 0 Å². The summed E-state index contributed by atoms with van der Waals surface area (Å²) in [4.78, 5) is 0. The lowest BCUT2D eigenvalue weighted by Crippen LogP contribution is -2.13. The number of hydrogen-bond acceptors (Lipinski definition) is 1. The molecule has 2 heteroatoms. The van der Waals surface area contributed by atoms with Gasteiger partial charge in [0.05, 0.1) is 6.04 Å². The van der Waals surface area contributed by atoms with Crippen molar-refractivity contribution in [3.63, 3.8) is 0 Å². The smallest absolute Gasteiger partial charge is 0.0566 e. The van der Waals surface area contributed by atoms with Crippen LogP contribution in [0.4, 0.5) is 0 Å². The van der Waals surface area contributed by atoms with Crippen molar-refractivity contribution in [2.45, 2.75) is 38.1 Å². The summed E-state index contributed by atoms with van der Waals surface area (Å²) in [6.45, 7) is 2.01. The van der Waals surface area contributed by atoms with Crippen LogP contribution in [0, 0.1) is 6.92 Å². The SMILES string of the molecule is Cc1cccc(C(N)c2ccc(C3CCC3)cc2)c1Cl. The topological polar surface area (TPSA) is 26.0 Å². The van der Waals surface area contributed by atoms with Crippen molar-refractivity contribution >= 4 is 11.6 Å². The van der Waals surface area contributed by atoms with Crippen LogP contribution < -0.4 is 5.73 Å². The zero-order chi connectivity index (χ0) is 14.1. The minimum atomic E-state index is -0.155. The van der Waals surface area contributed by atoms with Gasteiger partial charge in [-0.1, -0.05) is 60.5 Å². The summed E-state index contributed by atoms with van der Waals surface area (Å²) < 4.78 is 0. The van der Waals surface area contributed by atoms with Crippen LogP contribution in [-0.2, 0) is 0 Å². The molecular weight excluding hydrogens is 266 g/mol. The first-order valence-corrected chi connectivity index (χ1v) is 7.65. The molecule has 0 bridgehead atoms. The molecule has 1 aliphatic carbocycles. The Bertz CT molecular complexity index is 599. The quantitative estimate of drug-likeness (QED) is 0.847. The zero-order valence-electron chi connectivity index (χ0n) is 11.8. The van der Waals surface area contributed by atoms with Crippen LogP contribution in [-0.4, -0.2) is 0 Å². The van der Waals surface area contributed by atoms with Gasteiger partial charge < -0.3 is 5.73 Å². The molecule has 0 saturated heterocycles. The third kappa shape index (κ3) is 2.48. The molecule has 2 N–H and O–H groups in total. The van der Waals surface area contributed by atoms with Gasteiger partial charge in [0.1, 0.15) is 0 Å². The second kappa shape index (κ2) is 5.59. The summed E-state index contributed by atoms with van der Waals surface area (Å²) >= 11 is 6.37. The highest BCUT2D eigenvalue weighted by atomic mass is 35.5. The Balaban J connectivity index is 1.86. The van der Waals surface area contributed by atoms with E-state index in [2.05, 4.69) is 24.3 Å². The summed E-state index contributed by atoms with van der Waals surface area (Å²) in [5.41, 5.74) is 11.0. The first-order chi connectivity index (χ1) is 9.66. The molecule has 20 heavy (non-hydrogen) atoms. The Morgan fingerprint density at radius 1 is 1.10 bits per heavy atom. The molecule has 1 saturated carbocycles. The lowest BCUT2D eigenvalue weighted by Gasteiger charge is -2.26. The van der Waals surface area contributed by atoms with E-state index in [1.807, 2.05) is 25.1 Å². The van der Waals surface area contributed by atoms with E-state index in [0.717, 1.165) is 27.6 Å². The molecule has 1 fully saturated rings. The van der Waals surface area contributed by atoms with Gasteiger partial charge in [0, 0.05) is 5.02 Å². The van der Waals surface area contributed by atoms with Crippen LogP contribution >= 0.6 is 11.6 Å². The van der Waals surface area contributed by atoms with Crippen LogP contribution in [0.15, 0.2) is 42.5 Å². The van der Waals surface area contributed by atoms with Crippen molar-refractivity contribution in [2.75, 3.05) is 0 Å². The van der Waals surface area contributed by atoms with Gasteiger partial charge in [-0.3, -0.25) is 0 Å². The largest absolute Gasteiger partial charge is 0.320 e. The van der Waals surface area contributed by atoms with E-state index in [1.165, 1.54) is 24.8 Å². The third-order valence-electron chi connectivity index (χ3n) is 4.43. The summed E-state index contributed by atoms with van der Waals surface area (Å²) in [5.74, 6) is 0.767. The molecule has 0 radical (unpaired) electrons. The van der Waals surface area contributed by atoms with Gasteiger partial charge in [0.25, 0.3) is 0 Å². The van der Waals surface area contributed by atoms with Crippen LogP contribution in [0.25, 0.3) is 0 Å². The summed E-state index contributed by atoms with van der Waals surface area (Å²) in [6, 6.07) is 14.6. The maximum absolute atomic E-state index is 6.37.